The van der Waals surface area contributed by atoms with Gasteiger partial charge in [0.2, 0.25) is 0 Å². The van der Waals surface area contributed by atoms with E-state index in [2.05, 4.69) is 11.8 Å². The molecule has 26 heavy (non-hydrogen) atoms. The number of hydroxylamine groups is 1. The molecule has 0 aliphatic heterocycles. The van der Waals surface area contributed by atoms with Gasteiger partial charge in [0.15, 0.2) is 0 Å². The number of amides is 1. The van der Waals surface area contributed by atoms with E-state index in [1.165, 1.54) is 11.3 Å². The molecule has 3 aromatic rings. The fraction of sp³-hybridized carbons (Fsp3) is 0.100. The predicted molar refractivity (Wildman–Crippen MR) is 109 cm³/mol. The van der Waals surface area contributed by atoms with Crippen molar-refractivity contribution >= 4 is 44.5 Å². The minimum Gasteiger partial charge on any atom is -0.330 e. The zero-order chi connectivity index (χ0) is 18.5. The van der Waals surface area contributed by atoms with Crippen LogP contribution in [0.3, 0.4) is 0 Å². The predicted octanol–water partition coefficient (Wildman–Crippen LogP) is 3.68. The van der Waals surface area contributed by atoms with Gasteiger partial charge in [-0.25, -0.2) is 0 Å². The summed E-state index contributed by atoms with van der Waals surface area (Å²) in [6, 6.07) is 17.1. The molecule has 0 bridgehead atoms. The second-order valence-corrected chi connectivity index (χ2v) is 7.12. The highest BCUT2D eigenvalue weighted by molar-refractivity contribution is 7.80. The number of hydrogen-bond acceptors (Lipinski definition) is 4. The van der Waals surface area contributed by atoms with Gasteiger partial charge in [-0.3, -0.25) is 15.5 Å². The first-order valence-corrected chi connectivity index (χ1v) is 9.08. The summed E-state index contributed by atoms with van der Waals surface area (Å²) in [7, 11) is 1.75. The maximum atomic E-state index is 12.5. The van der Waals surface area contributed by atoms with Crippen LogP contribution in [0.4, 0.5) is 0 Å². The van der Waals surface area contributed by atoms with Gasteiger partial charge >= 0.3 is 0 Å². The molecular weight excluding hydrogens is 364 g/mol. The van der Waals surface area contributed by atoms with Gasteiger partial charge in [0.25, 0.3) is 5.91 Å². The third-order valence-corrected chi connectivity index (χ3v) is 5.21. The summed E-state index contributed by atoms with van der Waals surface area (Å²) in [5.41, 5.74) is 3.48. The Morgan fingerprint density at radius 3 is 2.65 bits per heavy atom. The van der Waals surface area contributed by atoms with E-state index in [1.54, 1.807) is 24.1 Å². The molecule has 0 fully saturated rings. The molecule has 130 valence electrons. The van der Waals surface area contributed by atoms with Gasteiger partial charge in [-0.1, -0.05) is 54.4 Å². The summed E-state index contributed by atoms with van der Waals surface area (Å²) in [6.07, 6.45) is 0. The Balaban J connectivity index is 1.65. The van der Waals surface area contributed by atoms with Crippen molar-refractivity contribution in [2.45, 2.75) is 0 Å². The van der Waals surface area contributed by atoms with Crippen LogP contribution in [0.15, 0.2) is 54.6 Å². The van der Waals surface area contributed by atoms with Crippen molar-refractivity contribution in [3.8, 4) is 11.8 Å². The molecule has 1 heterocycles. The van der Waals surface area contributed by atoms with Gasteiger partial charge in [-0.2, -0.15) is 0 Å². The van der Waals surface area contributed by atoms with Crippen LogP contribution in [0.25, 0.3) is 10.1 Å². The molecule has 0 aliphatic rings. The van der Waals surface area contributed by atoms with Gasteiger partial charge < -0.3 is 4.90 Å². The van der Waals surface area contributed by atoms with Crippen LogP contribution < -0.4 is 5.48 Å². The number of thiophene rings is 1. The fourth-order valence-electron chi connectivity index (χ4n) is 2.38. The first kappa shape index (κ1) is 18.1. The number of benzene rings is 2. The van der Waals surface area contributed by atoms with Crippen LogP contribution >= 0.6 is 23.6 Å². The number of rotatable bonds is 3. The van der Waals surface area contributed by atoms with Crippen molar-refractivity contribution in [1.82, 2.24) is 10.4 Å². The molecule has 6 heteroatoms. The van der Waals surface area contributed by atoms with Crippen molar-refractivity contribution in [2.24, 2.45) is 0 Å². The van der Waals surface area contributed by atoms with Crippen LogP contribution in [-0.4, -0.2) is 34.6 Å². The van der Waals surface area contributed by atoms with Crippen molar-refractivity contribution in [2.75, 3.05) is 13.6 Å². The molecule has 2 aromatic carbocycles. The first-order valence-electron chi connectivity index (χ1n) is 7.86. The summed E-state index contributed by atoms with van der Waals surface area (Å²) in [6.45, 7) is 0.339. The van der Waals surface area contributed by atoms with Gasteiger partial charge in [-0.05, 0) is 29.7 Å². The Bertz CT molecular complexity index is 980. The second-order valence-electron chi connectivity index (χ2n) is 5.63. The maximum absolute atomic E-state index is 12.5. The molecular formula is C20H16N2O2S2. The highest BCUT2D eigenvalue weighted by Gasteiger charge is 2.13. The molecule has 1 aromatic heterocycles. The molecule has 0 atom stereocenters. The number of fused-ring (bicyclic) bond motifs is 1. The molecule has 0 unspecified atom stereocenters. The lowest BCUT2D eigenvalue weighted by atomic mass is 10.1. The summed E-state index contributed by atoms with van der Waals surface area (Å²) >= 11 is 6.44. The highest BCUT2D eigenvalue weighted by Crippen LogP contribution is 2.25. The van der Waals surface area contributed by atoms with Crippen molar-refractivity contribution < 1.29 is 10.0 Å². The number of carbonyl (C=O) groups excluding carboxylic acids is 1. The van der Waals surface area contributed by atoms with Crippen LogP contribution in [0.5, 0.6) is 0 Å². The van der Waals surface area contributed by atoms with E-state index < -0.39 is 0 Å². The Morgan fingerprint density at radius 2 is 1.96 bits per heavy atom. The number of nitrogens with zero attached hydrogens (tertiary/aromatic N) is 1. The minimum atomic E-state index is -0.0322. The molecule has 0 spiro atoms. The summed E-state index contributed by atoms with van der Waals surface area (Å²) < 4.78 is 1.10. The smallest absolute Gasteiger partial charge is 0.264 e. The lowest BCUT2D eigenvalue weighted by Crippen LogP contribution is -2.26. The van der Waals surface area contributed by atoms with E-state index in [0.717, 1.165) is 15.6 Å². The number of hydrogen-bond donors (Lipinski definition) is 2. The van der Waals surface area contributed by atoms with E-state index in [0.29, 0.717) is 17.0 Å². The fourth-order valence-corrected chi connectivity index (χ4v) is 3.57. The lowest BCUT2D eigenvalue weighted by Gasteiger charge is -2.11. The van der Waals surface area contributed by atoms with Gasteiger partial charge in [0.1, 0.15) is 4.99 Å². The van der Waals surface area contributed by atoms with Crippen LogP contribution in [0.1, 0.15) is 20.8 Å². The van der Waals surface area contributed by atoms with E-state index in [9.17, 15) is 4.79 Å². The number of nitrogens with one attached hydrogen (secondary N) is 1. The average Bonchev–Trinajstić information content (AvgIpc) is 3.11. The Morgan fingerprint density at radius 1 is 1.23 bits per heavy atom. The third-order valence-electron chi connectivity index (χ3n) is 3.78. The standard InChI is InChI=1S/C20H16N2O2S2/c1-22(20(23)18-13-16-6-2-3-7-17(16)26-18)12-4-5-14-8-10-15(11-9-14)19(25)21-24/h2-3,6-11,13,24H,12H2,1H3,(H,21,25). The molecule has 1 amide bonds. The summed E-state index contributed by atoms with van der Waals surface area (Å²) in [4.78, 5) is 15.1. The maximum Gasteiger partial charge on any atom is 0.264 e. The normalized spacial score (nSPS) is 10.1. The molecule has 4 nitrogen and oxygen atoms in total. The van der Waals surface area contributed by atoms with Crippen LogP contribution in [-0.2, 0) is 0 Å². The van der Waals surface area contributed by atoms with Crippen molar-refractivity contribution in [1.29, 1.82) is 0 Å². The first-order chi connectivity index (χ1) is 12.6. The average molecular weight is 380 g/mol. The monoisotopic (exact) mass is 380 g/mol. The van der Waals surface area contributed by atoms with Crippen molar-refractivity contribution in [3.05, 3.63) is 70.6 Å². The lowest BCUT2D eigenvalue weighted by molar-refractivity contribution is 0.0817. The third kappa shape index (κ3) is 4.09. The molecule has 0 aliphatic carbocycles. The topological polar surface area (TPSA) is 52.6 Å². The zero-order valence-electron chi connectivity index (χ0n) is 14.0. The summed E-state index contributed by atoms with van der Waals surface area (Å²) in [5.74, 6) is 6.00. The quantitative estimate of drug-likeness (QED) is 0.413. The van der Waals surface area contributed by atoms with Gasteiger partial charge in [-0.15, -0.1) is 11.3 Å². The molecule has 2 N–H and O–H groups in total. The summed E-state index contributed by atoms with van der Waals surface area (Å²) in [5, 5.41) is 9.88. The SMILES string of the molecule is CN(CC#Cc1ccc(C(=S)NO)cc1)C(=O)c1cc2ccccc2s1. The van der Waals surface area contributed by atoms with Gasteiger partial charge in [0, 0.05) is 22.9 Å². The Kier molecular flexibility index (Phi) is 5.64. The van der Waals surface area contributed by atoms with Crippen LogP contribution in [0.2, 0.25) is 0 Å². The number of carbonyl (C=O) groups is 1. The number of thiocarbonyl (C=S) groups is 1. The van der Waals surface area contributed by atoms with E-state index in [1.807, 2.05) is 47.9 Å². The largest absolute Gasteiger partial charge is 0.330 e. The molecule has 0 saturated carbocycles. The van der Waals surface area contributed by atoms with Crippen LogP contribution in [0, 0.1) is 11.8 Å². The minimum absolute atomic E-state index is 0.0322. The second kappa shape index (κ2) is 8.11. The Labute approximate surface area is 161 Å². The van der Waals surface area contributed by atoms with Crippen molar-refractivity contribution in [3.63, 3.8) is 0 Å². The molecule has 0 saturated heterocycles. The molecule has 3 rings (SSSR count). The van der Waals surface area contributed by atoms with E-state index in [-0.39, 0.29) is 10.9 Å². The van der Waals surface area contributed by atoms with E-state index >= 15 is 0 Å². The van der Waals surface area contributed by atoms with Gasteiger partial charge in [0.05, 0.1) is 11.4 Å². The zero-order valence-corrected chi connectivity index (χ0v) is 15.7. The van der Waals surface area contributed by atoms with E-state index in [4.69, 9.17) is 17.4 Å². The molecule has 0 radical (unpaired) electrons. The Hall–Kier alpha value is -2.72. The highest BCUT2D eigenvalue weighted by atomic mass is 32.1.